The van der Waals surface area contributed by atoms with Crippen molar-refractivity contribution in [3.05, 3.63) is 75.3 Å². The second kappa shape index (κ2) is 9.00. The van der Waals surface area contributed by atoms with Gasteiger partial charge >= 0.3 is 12.1 Å². The van der Waals surface area contributed by atoms with Crippen molar-refractivity contribution in [2.75, 3.05) is 11.9 Å². The Morgan fingerprint density at radius 2 is 1.93 bits per heavy atom. The summed E-state index contributed by atoms with van der Waals surface area (Å²) in [6.45, 7) is 0.955. The van der Waals surface area contributed by atoms with Crippen LogP contribution >= 0.6 is 0 Å². The minimum Gasteiger partial charge on any atom is -0.452 e. The molecule has 0 fully saturated rings. The predicted octanol–water partition coefficient (Wildman–Crippen LogP) is 4.12. The molecule has 0 heterocycles. The van der Waals surface area contributed by atoms with Crippen molar-refractivity contribution in [3.8, 4) is 0 Å². The van der Waals surface area contributed by atoms with E-state index in [0.717, 1.165) is 24.3 Å². The van der Waals surface area contributed by atoms with E-state index in [1.54, 1.807) is 6.92 Å². The second-order valence-corrected chi connectivity index (χ2v) is 5.87. The van der Waals surface area contributed by atoms with E-state index in [1.807, 2.05) is 0 Å². The largest absolute Gasteiger partial charge is 0.452 e. The smallest absolute Gasteiger partial charge is 0.416 e. The number of non-ortho nitro benzene ring substituents is 1. The molecule has 2 rings (SSSR count). The van der Waals surface area contributed by atoms with E-state index in [0.29, 0.717) is 5.56 Å². The summed E-state index contributed by atoms with van der Waals surface area (Å²) in [5.41, 5.74) is -0.181. The van der Waals surface area contributed by atoms with Crippen LogP contribution in [0, 0.1) is 17.0 Å². The van der Waals surface area contributed by atoms with Crippen LogP contribution in [0.25, 0.3) is 6.08 Å². The van der Waals surface area contributed by atoms with Crippen LogP contribution in [0.3, 0.4) is 0 Å². The molecule has 0 spiro atoms. The van der Waals surface area contributed by atoms with Crippen molar-refractivity contribution in [3.63, 3.8) is 0 Å². The van der Waals surface area contributed by atoms with E-state index < -0.39 is 35.1 Å². The van der Waals surface area contributed by atoms with Gasteiger partial charge in [-0.3, -0.25) is 14.9 Å². The average molecular weight is 408 g/mol. The molecule has 10 heteroatoms. The number of nitro groups is 1. The number of carbonyl (C=O) groups is 2. The maximum Gasteiger partial charge on any atom is 0.416 e. The molecule has 0 aromatic heterocycles. The fraction of sp³-hybridized carbons (Fsp3) is 0.158. The first-order valence-corrected chi connectivity index (χ1v) is 8.13. The molecular formula is C19H15F3N2O5. The Hall–Kier alpha value is -3.69. The van der Waals surface area contributed by atoms with Gasteiger partial charge in [-0.15, -0.1) is 0 Å². The summed E-state index contributed by atoms with van der Waals surface area (Å²) in [6, 6.07) is 8.24. The van der Waals surface area contributed by atoms with Gasteiger partial charge in [-0.25, -0.2) is 4.79 Å². The molecule has 2 aromatic carbocycles. The number of nitro benzene ring substituents is 1. The highest BCUT2D eigenvalue weighted by Gasteiger charge is 2.30. The lowest BCUT2D eigenvalue weighted by molar-refractivity contribution is -0.384. The molecule has 0 saturated carbocycles. The first-order valence-electron chi connectivity index (χ1n) is 8.13. The van der Waals surface area contributed by atoms with Gasteiger partial charge in [-0.1, -0.05) is 18.2 Å². The third kappa shape index (κ3) is 6.45. The molecule has 1 N–H and O–H groups in total. The van der Waals surface area contributed by atoms with E-state index in [-0.39, 0.29) is 16.9 Å². The summed E-state index contributed by atoms with van der Waals surface area (Å²) in [7, 11) is 0. The lowest BCUT2D eigenvalue weighted by Crippen LogP contribution is -2.20. The Balaban J connectivity index is 1.92. The zero-order valence-electron chi connectivity index (χ0n) is 15.0. The van der Waals surface area contributed by atoms with E-state index in [2.05, 4.69) is 5.32 Å². The number of nitrogens with one attached hydrogen (secondary N) is 1. The van der Waals surface area contributed by atoms with Gasteiger partial charge in [0, 0.05) is 18.2 Å². The Labute approximate surface area is 162 Å². The Morgan fingerprint density at radius 1 is 1.21 bits per heavy atom. The van der Waals surface area contributed by atoms with Crippen LogP contribution in [-0.2, 0) is 20.5 Å². The molecule has 1 amide bonds. The zero-order valence-corrected chi connectivity index (χ0v) is 15.0. The fourth-order valence-electron chi connectivity index (χ4n) is 2.21. The summed E-state index contributed by atoms with van der Waals surface area (Å²) in [5, 5.41) is 13.2. The number of esters is 1. The van der Waals surface area contributed by atoms with Crippen LogP contribution in [-0.4, -0.2) is 23.4 Å². The molecule has 0 atom stereocenters. The summed E-state index contributed by atoms with van der Waals surface area (Å²) in [4.78, 5) is 33.7. The molecule has 0 bridgehead atoms. The first-order chi connectivity index (χ1) is 13.6. The number of alkyl halides is 3. The topological polar surface area (TPSA) is 98.5 Å². The molecule has 0 unspecified atom stereocenters. The Morgan fingerprint density at radius 3 is 2.59 bits per heavy atom. The molecule has 152 valence electrons. The number of rotatable bonds is 6. The number of benzene rings is 2. The van der Waals surface area contributed by atoms with E-state index >= 15 is 0 Å². The van der Waals surface area contributed by atoms with Crippen molar-refractivity contribution in [2.45, 2.75) is 13.1 Å². The third-order valence-electron chi connectivity index (χ3n) is 3.68. The number of aryl methyl sites for hydroxylation is 1. The minimum atomic E-state index is -4.51. The monoisotopic (exact) mass is 408 g/mol. The molecule has 0 aliphatic heterocycles. The van der Waals surface area contributed by atoms with Gasteiger partial charge in [0.15, 0.2) is 6.61 Å². The van der Waals surface area contributed by atoms with Gasteiger partial charge in [-0.2, -0.15) is 13.2 Å². The number of hydrogen-bond acceptors (Lipinski definition) is 5. The summed E-state index contributed by atoms with van der Waals surface area (Å²) < 4.78 is 42.7. The Kier molecular flexibility index (Phi) is 6.71. The van der Waals surface area contributed by atoms with Gasteiger partial charge < -0.3 is 10.1 Å². The molecular weight excluding hydrogens is 393 g/mol. The molecule has 2 aromatic rings. The SMILES string of the molecule is Cc1ccc([N+](=O)[O-])cc1NC(=O)COC(=O)/C=C/c1cccc(C(F)(F)F)c1. The number of ether oxygens (including phenoxy) is 1. The number of nitrogens with zero attached hydrogens (tertiary/aromatic N) is 1. The van der Waals surface area contributed by atoms with Crippen molar-refractivity contribution >= 4 is 29.3 Å². The van der Waals surface area contributed by atoms with E-state index in [1.165, 1.54) is 30.3 Å². The van der Waals surface area contributed by atoms with Gasteiger partial charge in [0.1, 0.15) is 0 Å². The average Bonchev–Trinajstić information content (AvgIpc) is 2.66. The quantitative estimate of drug-likeness (QED) is 0.336. The van der Waals surface area contributed by atoms with Crippen molar-refractivity contribution < 1.29 is 32.4 Å². The van der Waals surface area contributed by atoms with Gasteiger partial charge in [0.2, 0.25) is 0 Å². The fourth-order valence-corrected chi connectivity index (χ4v) is 2.21. The maximum atomic E-state index is 12.7. The maximum absolute atomic E-state index is 12.7. The second-order valence-electron chi connectivity index (χ2n) is 5.87. The molecule has 0 aliphatic carbocycles. The highest BCUT2D eigenvalue weighted by molar-refractivity contribution is 5.95. The van der Waals surface area contributed by atoms with Crippen LogP contribution in [0.2, 0.25) is 0 Å². The van der Waals surface area contributed by atoms with E-state index in [4.69, 9.17) is 4.74 Å². The lowest BCUT2D eigenvalue weighted by Gasteiger charge is -2.08. The van der Waals surface area contributed by atoms with Crippen LogP contribution < -0.4 is 5.32 Å². The molecule has 0 saturated heterocycles. The van der Waals surface area contributed by atoms with Gasteiger partial charge in [0.25, 0.3) is 11.6 Å². The lowest BCUT2D eigenvalue weighted by atomic mass is 10.1. The Bertz CT molecular complexity index is 971. The number of amides is 1. The van der Waals surface area contributed by atoms with Gasteiger partial charge in [0.05, 0.1) is 16.2 Å². The van der Waals surface area contributed by atoms with Gasteiger partial charge in [-0.05, 0) is 36.3 Å². The van der Waals surface area contributed by atoms with Crippen LogP contribution in [0.1, 0.15) is 16.7 Å². The third-order valence-corrected chi connectivity index (χ3v) is 3.68. The predicted molar refractivity (Wildman–Crippen MR) is 97.9 cm³/mol. The molecule has 0 aliphatic rings. The van der Waals surface area contributed by atoms with Crippen molar-refractivity contribution in [1.82, 2.24) is 0 Å². The summed E-state index contributed by atoms with van der Waals surface area (Å²) in [6.07, 6.45) is -2.49. The van der Waals surface area contributed by atoms with Crippen LogP contribution in [0.15, 0.2) is 48.5 Å². The molecule has 7 nitrogen and oxygen atoms in total. The molecule has 29 heavy (non-hydrogen) atoms. The summed E-state index contributed by atoms with van der Waals surface area (Å²) >= 11 is 0. The number of halogens is 3. The summed E-state index contributed by atoms with van der Waals surface area (Å²) in [5.74, 6) is -1.66. The normalized spacial score (nSPS) is 11.3. The number of hydrogen-bond donors (Lipinski definition) is 1. The highest BCUT2D eigenvalue weighted by atomic mass is 19.4. The standard InChI is InChI=1S/C19H15F3N2O5/c1-12-5-7-15(24(27)28)10-16(12)23-17(25)11-29-18(26)8-6-13-3-2-4-14(9-13)19(20,21)22/h2-10H,11H2,1H3,(H,23,25)/b8-6+. The van der Waals surface area contributed by atoms with E-state index in [9.17, 15) is 32.9 Å². The number of anilines is 1. The number of carbonyl (C=O) groups excluding carboxylic acids is 2. The highest BCUT2D eigenvalue weighted by Crippen LogP contribution is 2.29. The zero-order chi connectivity index (χ0) is 21.6. The van der Waals surface area contributed by atoms with Crippen LogP contribution in [0.5, 0.6) is 0 Å². The first kappa shape index (κ1) is 21.6. The minimum absolute atomic E-state index is 0.133. The molecule has 0 radical (unpaired) electrons. The van der Waals surface area contributed by atoms with Crippen molar-refractivity contribution in [1.29, 1.82) is 0 Å². The van der Waals surface area contributed by atoms with Crippen LogP contribution in [0.4, 0.5) is 24.5 Å². The van der Waals surface area contributed by atoms with Crippen molar-refractivity contribution in [2.24, 2.45) is 0 Å².